The predicted molar refractivity (Wildman–Crippen MR) is 93.5 cm³/mol. The molecule has 0 atom stereocenters. The molecular weight excluding hydrogens is 284 g/mol. The molecule has 2 aromatic carbocycles. The van der Waals surface area contributed by atoms with Crippen LogP contribution in [-0.4, -0.2) is 17.1 Å². The molecule has 0 aliphatic rings. The summed E-state index contributed by atoms with van der Waals surface area (Å²) in [6, 6.07) is 20.5. The van der Waals surface area contributed by atoms with Crippen LogP contribution in [0.5, 0.6) is 5.75 Å². The molecule has 0 aliphatic heterocycles. The van der Waals surface area contributed by atoms with Gasteiger partial charge in [-0.25, -0.2) is 4.98 Å². The van der Waals surface area contributed by atoms with E-state index in [2.05, 4.69) is 34.2 Å². The zero-order valence-electron chi connectivity index (χ0n) is 12.8. The molecular formula is C20H16N2O. The van der Waals surface area contributed by atoms with E-state index in [0.29, 0.717) is 0 Å². The Labute approximate surface area is 134 Å². The van der Waals surface area contributed by atoms with E-state index in [4.69, 9.17) is 4.74 Å². The number of benzene rings is 2. The molecule has 3 nitrogen and oxygen atoms in total. The number of nitrogens with zero attached hydrogens (tertiary/aromatic N) is 1. The van der Waals surface area contributed by atoms with Crippen molar-refractivity contribution in [2.75, 3.05) is 7.11 Å². The Hall–Kier alpha value is -3.07. The molecule has 0 amide bonds. The van der Waals surface area contributed by atoms with Crippen molar-refractivity contribution >= 4 is 11.0 Å². The van der Waals surface area contributed by atoms with Crippen LogP contribution in [0.4, 0.5) is 0 Å². The molecule has 0 saturated heterocycles. The molecule has 2 heterocycles. The third kappa shape index (κ3) is 2.36. The fraction of sp³-hybridized carbons (Fsp3) is 0.0500. The molecule has 4 aromatic rings. The number of rotatable bonds is 3. The Bertz CT molecular complexity index is 958. The lowest BCUT2D eigenvalue weighted by atomic mass is 10.0. The summed E-state index contributed by atoms with van der Waals surface area (Å²) in [6.07, 6.45) is 3.89. The fourth-order valence-electron chi connectivity index (χ4n) is 2.89. The van der Waals surface area contributed by atoms with Crippen molar-refractivity contribution in [1.29, 1.82) is 0 Å². The quantitative estimate of drug-likeness (QED) is 0.584. The average Bonchev–Trinajstić information content (AvgIpc) is 3.05. The lowest BCUT2D eigenvalue weighted by Crippen LogP contribution is -1.88. The van der Waals surface area contributed by atoms with Crippen LogP contribution in [-0.2, 0) is 0 Å². The first-order valence-electron chi connectivity index (χ1n) is 7.53. The molecule has 4 rings (SSSR count). The smallest absolute Gasteiger partial charge is 0.137 e. The molecule has 0 bridgehead atoms. The second-order valence-corrected chi connectivity index (χ2v) is 5.39. The van der Waals surface area contributed by atoms with Crippen molar-refractivity contribution in [3.05, 3.63) is 73.1 Å². The van der Waals surface area contributed by atoms with Gasteiger partial charge in [0.2, 0.25) is 0 Å². The summed E-state index contributed by atoms with van der Waals surface area (Å²) in [5.41, 5.74) is 5.32. The van der Waals surface area contributed by atoms with Gasteiger partial charge in [0.1, 0.15) is 11.4 Å². The summed E-state index contributed by atoms with van der Waals surface area (Å²) < 4.78 is 5.47. The van der Waals surface area contributed by atoms with Gasteiger partial charge in [0.25, 0.3) is 0 Å². The van der Waals surface area contributed by atoms with Crippen LogP contribution in [0.15, 0.2) is 73.1 Å². The van der Waals surface area contributed by atoms with Crippen LogP contribution in [0.3, 0.4) is 0 Å². The Morgan fingerprint density at radius 1 is 0.870 bits per heavy atom. The van der Waals surface area contributed by atoms with Crippen molar-refractivity contribution in [2.45, 2.75) is 0 Å². The van der Waals surface area contributed by atoms with E-state index in [1.54, 1.807) is 7.11 Å². The van der Waals surface area contributed by atoms with E-state index in [1.165, 1.54) is 5.56 Å². The Morgan fingerprint density at radius 2 is 1.65 bits per heavy atom. The van der Waals surface area contributed by atoms with E-state index in [-0.39, 0.29) is 0 Å². The predicted octanol–water partition coefficient (Wildman–Crippen LogP) is 4.91. The summed E-state index contributed by atoms with van der Waals surface area (Å²) in [5, 5.41) is 1.11. The third-order valence-corrected chi connectivity index (χ3v) is 4.03. The number of ether oxygens (including phenoxy) is 1. The van der Waals surface area contributed by atoms with Gasteiger partial charge in [-0.05, 0) is 17.7 Å². The van der Waals surface area contributed by atoms with E-state index < -0.39 is 0 Å². The van der Waals surface area contributed by atoms with Gasteiger partial charge in [-0.15, -0.1) is 0 Å². The molecule has 0 fully saturated rings. The highest BCUT2D eigenvalue weighted by molar-refractivity contribution is 5.96. The van der Waals surface area contributed by atoms with Crippen LogP contribution in [0.1, 0.15) is 0 Å². The molecule has 1 N–H and O–H groups in total. The minimum atomic E-state index is 0.852. The molecule has 0 unspecified atom stereocenters. The highest BCUT2D eigenvalue weighted by atomic mass is 16.5. The third-order valence-electron chi connectivity index (χ3n) is 4.03. The number of pyridine rings is 1. The topological polar surface area (TPSA) is 37.9 Å². The number of nitrogens with one attached hydrogen (secondary N) is 1. The standard InChI is InChI=1S/C20H16N2O/c1-23-19-10-6-5-9-16(19)15-11-17-18(13-22-20(17)21-12-15)14-7-3-2-4-8-14/h2-13H,1H3,(H,21,22). The van der Waals surface area contributed by atoms with Crippen molar-refractivity contribution in [3.8, 4) is 28.0 Å². The zero-order valence-corrected chi connectivity index (χ0v) is 12.8. The van der Waals surface area contributed by atoms with Gasteiger partial charge in [0, 0.05) is 34.5 Å². The number of hydrogen-bond donors (Lipinski definition) is 1. The van der Waals surface area contributed by atoms with E-state index in [9.17, 15) is 0 Å². The Morgan fingerprint density at radius 3 is 2.48 bits per heavy atom. The maximum Gasteiger partial charge on any atom is 0.137 e. The van der Waals surface area contributed by atoms with Crippen molar-refractivity contribution in [1.82, 2.24) is 9.97 Å². The summed E-state index contributed by atoms with van der Waals surface area (Å²) in [6.45, 7) is 0. The van der Waals surface area contributed by atoms with Crippen molar-refractivity contribution in [2.24, 2.45) is 0 Å². The molecule has 0 radical (unpaired) electrons. The van der Waals surface area contributed by atoms with Gasteiger partial charge in [-0.1, -0.05) is 48.5 Å². The van der Waals surface area contributed by atoms with Crippen LogP contribution < -0.4 is 4.74 Å². The van der Waals surface area contributed by atoms with E-state index in [0.717, 1.165) is 33.5 Å². The fourth-order valence-corrected chi connectivity index (χ4v) is 2.89. The molecule has 112 valence electrons. The van der Waals surface area contributed by atoms with Crippen molar-refractivity contribution in [3.63, 3.8) is 0 Å². The number of aromatic amines is 1. The van der Waals surface area contributed by atoms with Crippen LogP contribution >= 0.6 is 0 Å². The van der Waals surface area contributed by atoms with Gasteiger partial charge < -0.3 is 9.72 Å². The molecule has 2 aromatic heterocycles. The first-order chi connectivity index (χ1) is 11.4. The number of H-pyrrole nitrogens is 1. The minimum Gasteiger partial charge on any atom is -0.496 e. The lowest BCUT2D eigenvalue weighted by Gasteiger charge is -2.08. The van der Waals surface area contributed by atoms with Gasteiger partial charge >= 0.3 is 0 Å². The molecule has 0 aliphatic carbocycles. The number of fused-ring (bicyclic) bond motifs is 1. The molecule has 0 spiro atoms. The van der Waals surface area contributed by atoms with Crippen molar-refractivity contribution < 1.29 is 4.74 Å². The number of para-hydroxylation sites is 1. The van der Waals surface area contributed by atoms with E-state index >= 15 is 0 Å². The minimum absolute atomic E-state index is 0.852. The zero-order chi connectivity index (χ0) is 15.6. The van der Waals surface area contributed by atoms with Crippen LogP contribution in [0.2, 0.25) is 0 Å². The second kappa shape index (κ2) is 5.61. The van der Waals surface area contributed by atoms with E-state index in [1.807, 2.05) is 48.8 Å². The summed E-state index contributed by atoms with van der Waals surface area (Å²) in [4.78, 5) is 7.82. The van der Waals surface area contributed by atoms with Gasteiger partial charge in [0.05, 0.1) is 7.11 Å². The first-order valence-corrected chi connectivity index (χ1v) is 7.53. The van der Waals surface area contributed by atoms with Crippen LogP contribution in [0.25, 0.3) is 33.3 Å². The second-order valence-electron chi connectivity index (χ2n) is 5.39. The summed E-state index contributed by atoms with van der Waals surface area (Å²) in [5.74, 6) is 0.852. The summed E-state index contributed by atoms with van der Waals surface area (Å²) in [7, 11) is 1.69. The monoisotopic (exact) mass is 300 g/mol. The first kappa shape index (κ1) is 13.6. The maximum absolute atomic E-state index is 5.47. The normalized spacial score (nSPS) is 10.8. The molecule has 3 heteroatoms. The van der Waals surface area contributed by atoms with Gasteiger partial charge in [-0.2, -0.15) is 0 Å². The maximum atomic E-state index is 5.47. The number of methoxy groups -OCH3 is 1. The number of hydrogen-bond acceptors (Lipinski definition) is 2. The average molecular weight is 300 g/mol. The molecule has 0 saturated carbocycles. The highest BCUT2D eigenvalue weighted by Gasteiger charge is 2.11. The SMILES string of the molecule is COc1ccccc1-c1cnc2[nH]cc(-c3ccccc3)c2c1. The lowest BCUT2D eigenvalue weighted by molar-refractivity contribution is 0.416. The largest absolute Gasteiger partial charge is 0.496 e. The summed E-state index contributed by atoms with van der Waals surface area (Å²) >= 11 is 0. The number of aromatic nitrogens is 2. The Kier molecular flexibility index (Phi) is 3.31. The molecule has 23 heavy (non-hydrogen) atoms. The van der Waals surface area contributed by atoms with Gasteiger partial charge in [0.15, 0.2) is 0 Å². The van der Waals surface area contributed by atoms with Crippen LogP contribution in [0, 0.1) is 0 Å². The Balaban J connectivity index is 1.91. The van der Waals surface area contributed by atoms with Gasteiger partial charge in [-0.3, -0.25) is 0 Å². The highest BCUT2D eigenvalue weighted by Crippen LogP contribution is 2.34.